The summed E-state index contributed by atoms with van der Waals surface area (Å²) in [6.07, 6.45) is 0. The average molecular weight is 749 g/mol. The number of rotatable bonds is 2. The maximum atomic E-state index is 2.59. The van der Waals surface area contributed by atoms with E-state index in [1.165, 1.54) is 99.5 Å². The molecule has 2 heteroatoms. The van der Waals surface area contributed by atoms with Crippen LogP contribution in [0.4, 0.5) is 0 Å². The van der Waals surface area contributed by atoms with E-state index in [-0.39, 0.29) is 27.1 Å². The largest absolute Gasteiger partial charge is 0.309 e. The standard InChI is InChI=1S/C55H60N2/c1-51(2,3)33-22-24-43-40(31-33)41-32-34(52(4,5)6)23-25-44(41)57(43)47-27-26-46-49-48-39(38-18-15-16-20-42(38)55(13,14)50(47)49)19-17-21-45(48)56(46)37-29-35(53(7,8)9)28-36(30-37)54(10,11)12/h15-32H,1-14H3. The summed E-state index contributed by atoms with van der Waals surface area (Å²) in [5.74, 6) is 0. The Morgan fingerprint density at radius 2 is 0.895 bits per heavy atom. The lowest BCUT2D eigenvalue weighted by Gasteiger charge is -2.31. The fraction of sp³-hybridized carbons (Fsp3) is 0.345. The molecule has 0 bridgehead atoms. The molecule has 0 saturated carbocycles. The molecule has 57 heavy (non-hydrogen) atoms. The first-order valence-corrected chi connectivity index (χ1v) is 21.0. The molecule has 9 rings (SSSR count). The molecule has 0 fully saturated rings. The number of hydrogen-bond acceptors (Lipinski definition) is 0. The topological polar surface area (TPSA) is 9.86 Å². The molecular weight excluding hydrogens is 689 g/mol. The summed E-state index contributed by atoms with van der Waals surface area (Å²) in [5, 5.41) is 5.33. The molecule has 6 aromatic carbocycles. The molecule has 2 heterocycles. The second-order valence-electron chi connectivity index (χ2n) is 21.6. The summed E-state index contributed by atoms with van der Waals surface area (Å²) in [7, 11) is 0. The number of nitrogens with zero attached hydrogens (tertiary/aromatic N) is 2. The highest BCUT2D eigenvalue weighted by Gasteiger charge is 2.37. The smallest absolute Gasteiger partial charge is 0.0547 e. The maximum Gasteiger partial charge on any atom is 0.0547 e. The SMILES string of the molecule is CC(C)(C)c1cc(-n2c3cccc4c3c3c(c(-n5c6ccc(C(C)(C)C)cc6c6cc(C(C)(C)C)ccc65)ccc32)C(C)(C)c2ccccc2-4)cc(C(C)(C)C)c1. The number of aromatic nitrogens is 2. The highest BCUT2D eigenvalue weighted by Crippen LogP contribution is 2.53. The molecule has 0 amide bonds. The third kappa shape index (κ3) is 5.65. The minimum absolute atomic E-state index is 0.000867. The number of benzene rings is 6. The zero-order chi connectivity index (χ0) is 40.8. The van der Waals surface area contributed by atoms with E-state index < -0.39 is 0 Å². The summed E-state index contributed by atoms with van der Waals surface area (Å²) in [6.45, 7) is 32.9. The van der Waals surface area contributed by atoms with Crippen LogP contribution in [0.2, 0.25) is 0 Å². The first-order chi connectivity index (χ1) is 26.6. The summed E-state index contributed by atoms with van der Waals surface area (Å²) < 4.78 is 5.17. The van der Waals surface area contributed by atoms with Gasteiger partial charge in [-0.2, -0.15) is 0 Å². The van der Waals surface area contributed by atoms with Gasteiger partial charge in [0.1, 0.15) is 0 Å². The monoisotopic (exact) mass is 748 g/mol. The van der Waals surface area contributed by atoms with Gasteiger partial charge in [-0.1, -0.05) is 152 Å². The zero-order valence-corrected chi connectivity index (χ0v) is 36.8. The second-order valence-corrected chi connectivity index (χ2v) is 21.6. The van der Waals surface area contributed by atoms with Crippen molar-refractivity contribution < 1.29 is 0 Å². The van der Waals surface area contributed by atoms with Gasteiger partial charge in [0.2, 0.25) is 0 Å². The van der Waals surface area contributed by atoms with Crippen LogP contribution in [-0.4, -0.2) is 9.13 Å². The van der Waals surface area contributed by atoms with Crippen molar-refractivity contribution in [3.05, 3.63) is 143 Å². The lowest BCUT2D eigenvalue weighted by Crippen LogP contribution is -2.22. The normalized spacial score (nSPS) is 14.6. The Kier molecular flexibility index (Phi) is 7.88. The molecule has 2 aromatic heterocycles. The van der Waals surface area contributed by atoms with Gasteiger partial charge in [0.25, 0.3) is 0 Å². The minimum atomic E-state index is -0.326. The van der Waals surface area contributed by atoms with E-state index in [1.54, 1.807) is 0 Å². The molecule has 0 radical (unpaired) electrons. The zero-order valence-electron chi connectivity index (χ0n) is 36.8. The molecule has 0 unspecified atom stereocenters. The third-order valence-corrected chi connectivity index (χ3v) is 13.1. The molecule has 1 aliphatic carbocycles. The third-order valence-electron chi connectivity index (χ3n) is 13.1. The Morgan fingerprint density at radius 3 is 1.44 bits per heavy atom. The summed E-state index contributed by atoms with van der Waals surface area (Å²) in [4.78, 5) is 0. The Morgan fingerprint density at radius 1 is 0.404 bits per heavy atom. The summed E-state index contributed by atoms with van der Waals surface area (Å²) >= 11 is 0. The Labute approximate surface area is 340 Å². The summed E-state index contributed by atoms with van der Waals surface area (Å²) in [6, 6.07) is 42.8. The lowest BCUT2D eigenvalue weighted by atomic mass is 9.75. The second kappa shape index (κ2) is 12.0. The van der Waals surface area contributed by atoms with Gasteiger partial charge >= 0.3 is 0 Å². The van der Waals surface area contributed by atoms with Crippen LogP contribution in [-0.2, 0) is 27.1 Å². The molecule has 2 nitrogen and oxygen atoms in total. The Balaban J connectivity index is 1.48. The molecule has 0 spiro atoms. The van der Waals surface area contributed by atoms with Crippen LogP contribution in [0.3, 0.4) is 0 Å². The lowest BCUT2D eigenvalue weighted by molar-refractivity contribution is 0.568. The van der Waals surface area contributed by atoms with Gasteiger partial charge < -0.3 is 9.13 Å². The highest BCUT2D eigenvalue weighted by molar-refractivity contribution is 6.20. The fourth-order valence-corrected chi connectivity index (χ4v) is 9.68. The van der Waals surface area contributed by atoms with Crippen LogP contribution in [0, 0.1) is 0 Å². The van der Waals surface area contributed by atoms with E-state index in [2.05, 4.69) is 215 Å². The molecule has 1 aliphatic rings. The average Bonchev–Trinajstić information content (AvgIpc) is 3.62. The number of hydrogen-bond donors (Lipinski definition) is 0. The van der Waals surface area contributed by atoms with Crippen molar-refractivity contribution in [3.8, 4) is 22.5 Å². The van der Waals surface area contributed by atoms with Gasteiger partial charge in [-0.3, -0.25) is 0 Å². The van der Waals surface area contributed by atoms with Crippen LogP contribution in [0.1, 0.15) is 130 Å². The highest BCUT2D eigenvalue weighted by atomic mass is 15.0. The van der Waals surface area contributed by atoms with Crippen molar-refractivity contribution in [2.75, 3.05) is 0 Å². The Hall–Kier alpha value is -5.08. The minimum Gasteiger partial charge on any atom is -0.309 e. The molecule has 0 N–H and O–H groups in total. The van der Waals surface area contributed by atoms with Crippen LogP contribution in [0.15, 0.2) is 109 Å². The van der Waals surface area contributed by atoms with E-state index in [0.717, 1.165) is 0 Å². The predicted molar refractivity (Wildman–Crippen MR) is 247 cm³/mol. The van der Waals surface area contributed by atoms with Crippen molar-refractivity contribution in [2.45, 2.75) is 124 Å². The maximum absolute atomic E-state index is 2.59. The van der Waals surface area contributed by atoms with E-state index in [0.29, 0.717) is 0 Å². The van der Waals surface area contributed by atoms with E-state index in [1.807, 2.05) is 0 Å². The molecule has 8 aromatic rings. The molecular formula is C55H60N2. The van der Waals surface area contributed by atoms with Crippen molar-refractivity contribution in [2.24, 2.45) is 0 Å². The quantitative estimate of drug-likeness (QED) is 0.167. The van der Waals surface area contributed by atoms with Gasteiger partial charge in [-0.05, 0) is 121 Å². The van der Waals surface area contributed by atoms with E-state index in [9.17, 15) is 0 Å². The molecule has 290 valence electrons. The first kappa shape index (κ1) is 37.5. The van der Waals surface area contributed by atoms with Gasteiger partial charge in [0.15, 0.2) is 0 Å². The van der Waals surface area contributed by atoms with Crippen LogP contribution < -0.4 is 0 Å². The molecule has 0 aliphatic heterocycles. The Bertz CT molecular complexity index is 2840. The fourth-order valence-electron chi connectivity index (χ4n) is 9.68. The van der Waals surface area contributed by atoms with E-state index in [4.69, 9.17) is 0 Å². The van der Waals surface area contributed by atoms with Crippen molar-refractivity contribution >= 4 is 43.6 Å². The van der Waals surface area contributed by atoms with Gasteiger partial charge in [-0.15, -0.1) is 0 Å². The predicted octanol–water partition coefficient (Wildman–Crippen LogP) is 15.4. The molecule has 0 saturated heterocycles. The van der Waals surface area contributed by atoms with Crippen LogP contribution in [0.25, 0.3) is 66.1 Å². The van der Waals surface area contributed by atoms with Gasteiger partial charge in [0, 0.05) is 32.6 Å². The van der Waals surface area contributed by atoms with Gasteiger partial charge in [0.05, 0.1) is 27.8 Å². The van der Waals surface area contributed by atoms with Crippen molar-refractivity contribution in [3.63, 3.8) is 0 Å². The first-order valence-electron chi connectivity index (χ1n) is 21.0. The van der Waals surface area contributed by atoms with Crippen LogP contribution >= 0.6 is 0 Å². The van der Waals surface area contributed by atoms with Gasteiger partial charge in [-0.25, -0.2) is 0 Å². The van der Waals surface area contributed by atoms with Crippen molar-refractivity contribution in [1.82, 2.24) is 9.13 Å². The number of fused-ring (bicyclic) bond motifs is 5. The van der Waals surface area contributed by atoms with E-state index >= 15 is 0 Å². The van der Waals surface area contributed by atoms with Crippen molar-refractivity contribution in [1.29, 1.82) is 0 Å². The molecule has 0 atom stereocenters. The van der Waals surface area contributed by atoms with Crippen LogP contribution in [0.5, 0.6) is 0 Å². The summed E-state index contributed by atoms with van der Waals surface area (Å²) in [5.41, 5.74) is 18.1.